The van der Waals surface area contributed by atoms with Gasteiger partial charge in [-0.05, 0) is 44.2 Å². The number of para-hydroxylation sites is 1. The van der Waals surface area contributed by atoms with Crippen molar-refractivity contribution < 1.29 is 14.3 Å². The van der Waals surface area contributed by atoms with Gasteiger partial charge in [0.25, 0.3) is 5.91 Å². The molecule has 0 saturated carbocycles. The first-order valence-electron chi connectivity index (χ1n) is 10.1. The summed E-state index contributed by atoms with van der Waals surface area (Å²) in [4.78, 5) is 16.6. The Morgan fingerprint density at radius 1 is 1.13 bits per heavy atom. The van der Waals surface area contributed by atoms with Gasteiger partial charge in [-0.15, -0.1) is 24.0 Å². The summed E-state index contributed by atoms with van der Waals surface area (Å²) < 4.78 is 11.2. The molecule has 0 aliphatic carbocycles. The van der Waals surface area contributed by atoms with Crippen LogP contribution in [0.1, 0.15) is 42.2 Å². The van der Waals surface area contributed by atoms with Crippen LogP contribution < -0.4 is 25.4 Å². The number of guanidine groups is 1. The Bertz CT molecular complexity index is 900. The van der Waals surface area contributed by atoms with Crippen molar-refractivity contribution in [2.24, 2.45) is 4.99 Å². The lowest BCUT2D eigenvalue weighted by molar-refractivity contribution is 0.0694. The first kappa shape index (κ1) is 24.8. The van der Waals surface area contributed by atoms with E-state index in [0.717, 1.165) is 23.5 Å². The highest BCUT2D eigenvalue weighted by Gasteiger charge is 2.33. The van der Waals surface area contributed by atoms with Gasteiger partial charge in [-0.2, -0.15) is 0 Å². The minimum Gasteiger partial charge on any atom is -0.497 e. The molecule has 0 fully saturated rings. The molecule has 1 atom stereocenters. The van der Waals surface area contributed by atoms with Gasteiger partial charge in [0.1, 0.15) is 17.1 Å². The van der Waals surface area contributed by atoms with Gasteiger partial charge < -0.3 is 25.4 Å². The number of nitrogens with one attached hydrogen (secondary N) is 3. The van der Waals surface area contributed by atoms with Crippen LogP contribution in [-0.2, 0) is 0 Å². The second-order valence-electron chi connectivity index (χ2n) is 7.78. The van der Waals surface area contributed by atoms with Crippen LogP contribution in [0.25, 0.3) is 0 Å². The van der Waals surface area contributed by atoms with Gasteiger partial charge in [-0.1, -0.05) is 18.2 Å². The van der Waals surface area contributed by atoms with Crippen molar-refractivity contribution in [3.8, 4) is 11.5 Å². The fourth-order valence-corrected chi connectivity index (χ4v) is 3.49. The van der Waals surface area contributed by atoms with E-state index in [1.54, 1.807) is 38.4 Å². The van der Waals surface area contributed by atoms with E-state index in [2.05, 4.69) is 40.9 Å². The lowest BCUT2D eigenvalue weighted by Crippen LogP contribution is -2.46. The van der Waals surface area contributed by atoms with Crippen molar-refractivity contribution in [2.75, 3.05) is 27.2 Å². The van der Waals surface area contributed by atoms with E-state index in [1.807, 2.05) is 18.2 Å². The zero-order valence-corrected chi connectivity index (χ0v) is 20.7. The zero-order chi connectivity index (χ0) is 21.6. The Hall–Kier alpha value is -2.49. The number of amides is 1. The van der Waals surface area contributed by atoms with Crippen LogP contribution >= 0.6 is 24.0 Å². The third-order valence-corrected chi connectivity index (χ3v) is 4.97. The van der Waals surface area contributed by atoms with Crippen LogP contribution in [0.4, 0.5) is 0 Å². The molecule has 1 heterocycles. The van der Waals surface area contributed by atoms with Crippen LogP contribution in [0.15, 0.2) is 53.5 Å². The fraction of sp³-hybridized carbons (Fsp3) is 0.391. The highest BCUT2D eigenvalue weighted by Crippen LogP contribution is 2.39. The fourth-order valence-electron chi connectivity index (χ4n) is 3.49. The Kier molecular flexibility index (Phi) is 8.97. The largest absolute Gasteiger partial charge is 0.497 e. The number of rotatable bonds is 6. The molecule has 8 heteroatoms. The van der Waals surface area contributed by atoms with E-state index in [9.17, 15) is 4.79 Å². The third kappa shape index (κ3) is 6.75. The molecule has 0 radical (unpaired) electrons. The Morgan fingerprint density at radius 2 is 1.81 bits per heavy atom. The van der Waals surface area contributed by atoms with Crippen molar-refractivity contribution >= 4 is 35.8 Å². The molecule has 1 amide bonds. The van der Waals surface area contributed by atoms with Gasteiger partial charge >= 0.3 is 0 Å². The van der Waals surface area contributed by atoms with Gasteiger partial charge in [-0.25, -0.2) is 0 Å². The molecule has 0 bridgehead atoms. The quantitative estimate of drug-likeness (QED) is 0.227. The molecule has 3 rings (SSSR count). The highest BCUT2D eigenvalue weighted by atomic mass is 127. The molecule has 168 valence electrons. The van der Waals surface area contributed by atoms with Crippen LogP contribution in [0, 0.1) is 0 Å². The monoisotopic (exact) mass is 538 g/mol. The predicted molar refractivity (Wildman–Crippen MR) is 134 cm³/mol. The number of nitrogens with zero attached hydrogens (tertiary/aromatic N) is 1. The molecular formula is C23H31IN4O3. The van der Waals surface area contributed by atoms with Gasteiger partial charge in [0, 0.05) is 37.7 Å². The summed E-state index contributed by atoms with van der Waals surface area (Å²) >= 11 is 0. The zero-order valence-electron chi connectivity index (χ0n) is 18.4. The molecule has 2 aromatic carbocycles. The summed E-state index contributed by atoms with van der Waals surface area (Å²) in [6, 6.07) is 15.2. The topological polar surface area (TPSA) is 84.0 Å². The second kappa shape index (κ2) is 11.2. The summed E-state index contributed by atoms with van der Waals surface area (Å²) in [7, 11) is 3.34. The van der Waals surface area contributed by atoms with Gasteiger partial charge in [0.2, 0.25) is 0 Å². The summed E-state index contributed by atoms with van der Waals surface area (Å²) in [6.07, 6.45) is 0.818. The third-order valence-electron chi connectivity index (χ3n) is 4.97. The van der Waals surface area contributed by atoms with Crippen LogP contribution in [0.2, 0.25) is 0 Å². The first-order chi connectivity index (χ1) is 14.4. The molecule has 0 saturated heterocycles. The number of hydrogen-bond donors (Lipinski definition) is 3. The molecular weight excluding hydrogens is 507 g/mol. The minimum absolute atomic E-state index is 0. The van der Waals surface area contributed by atoms with Crippen molar-refractivity contribution in [2.45, 2.75) is 31.9 Å². The molecule has 2 aromatic rings. The number of methoxy groups -OCH3 is 1. The van der Waals surface area contributed by atoms with E-state index in [0.29, 0.717) is 24.6 Å². The summed E-state index contributed by atoms with van der Waals surface area (Å²) in [5.74, 6) is 2.18. The normalized spacial score (nSPS) is 16.8. The number of carbonyl (C=O) groups excluding carboxylic acids is 1. The second-order valence-corrected chi connectivity index (χ2v) is 7.78. The molecule has 0 aromatic heterocycles. The maximum atomic E-state index is 12.2. The number of aliphatic imine (C=N–C) groups is 1. The lowest BCUT2D eigenvalue weighted by Gasteiger charge is -2.38. The molecule has 1 aliphatic heterocycles. The minimum atomic E-state index is -0.267. The predicted octanol–water partition coefficient (Wildman–Crippen LogP) is 3.51. The maximum absolute atomic E-state index is 12.2. The van der Waals surface area contributed by atoms with Crippen molar-refractivity contribution in [1.29, 1.82) is 0 Å². The average Bonchev–Trinajstić information content (AvgIpc) is 2.74. The molecule has 1 unspecified atom stereocenters. The summed E-state index contributed by atoms with van der Waals surface area (Å²) in [5, 5.41) is 9.65. The number of benzene rings is 2. The Labute approximate surface area is 201 Å². The standard InChI is InChI=1S/C23H30N4O3.HI/c1-23(2)15-19(18-7-5-6-8-20(18)30-23)27-22(24-3)26-14-13-25-21(28)16-9-11-17(29-4)12-10-16;/h5-12,19H,13-15H2,1-4H3,(H,25,28)(H2,24,26,27);1H. The lowest BCUT2D eigenvalue weighted by atomic mass is 9.90. The molecule has 3 N–H and O–H groups in total. The Balaban J connectivity index is 0.00000341. The van der Waals surface area contributed by atoms with E-state index in [4.69, 9.17) is 9.47 Å². The Morgan fingerprint density at radius 3 is 2.48 bits per heavy atom. The van der Waals surface area contributed by atoms with Crippen molar-refractivity contribution in [1.82, 2.24) is 16.0 Å². The van der Waals surface area contributed by atoms with E-state index in [1.165, 1.54) is 0 Å². The van der Waals surface area contributed by atoms with E-state index < -0.39 is 0 Å². The van der Waals surface area contributed by atoms with E-state index in [-0.39, 0.29) is 41.5 Å². The number of ether oxygens (including phenoxy) is 2. The molecule has 7 nitrogen and oxygen atoms in total. The van der Waals surface area contributed by atoms with Gasteiger partial charge in [-0.3, -0.25) is 9.79 Å². The molecule has 0 spiro atoms. The molecule has 1 aliphatic rings. The van der Waals surface area contributed by atoms with Crippen LogP contribution in [0.5, 0.6) is 11.5 Å². The van der Waals surface area contributed by atoms with Crippen molar-refractivity contribution in [3.05, 3.63) is 59.7 Å². The number of carbonyl (C=O) groups is 1. The number of halogens is 1. The van der Waals surface area contributed by atoms with Crippen molar-refractivity contribution in [3.63, 3.8) is 0 Å². The SMILES string of the molecule is CN=C(NCCNC(=O)c1ccc(OC)cc1)NC1CC(C)(C)Oc2ccccc21.I. The number of fused-ring (bicyclic) bond motifs is 1. The first-order valence-corrected chi connectivity index (χ1v) is 10.1. The number of hydrogen-bond acceptors (Lipinski definition) is 4. The van der Waals surface area contributed by atoms with Gasteiger partial charge in [0.05, 0.1) is 13.2 Å². The average molecular weight is 538 g/mol. The highest BCUT2D eigenvalue weighted by molar-refractivity contribution is 14.0. The smallest absolute Gasteiger partial charge is 0.251 e. The van der Waals surface area contributed by atoms with E-state index >= 15 is 0 Å². The van der Waals surface area contributed by atoms with Crippen LogP contribution in [-0.4, -0.2) is 44.7 Å². The summed E-state index contributed by atoms with van der Waals surface area (Å²) in [5.41, 5.74) is 1.45. The van der Waals surface area contributed by atoms with Crippen LogP contribution in [0.3, 0.4) is 0 Å². The molecule has 31 heavy (non-hydrogen) atoms. The summed E-state index contributed by atoms with van der Waals surface area (Å²) in [6.45, 7) is 5.20. The maximum Gasteiger partial charge on any atom is 0.251 e. The van der Waals surface area contributed by atoms with Gasteiger partial charge in [0.15, 0.2) is 5.96 Å².